The Labute approximate surface area is 139 Å². The van der Waals surface area contributed by atoms with Gasteiger partial charge in [-0.15, -0.1) is 0 Å². The van der Waals surface area contributed by atoms with Crippen LogP contribution in [0.25, 0.3) is 0 Å². The first-order valence-corrected chi connectivity index (χ1v) is 9.08. The van der Waals surface area contributed by atoms with Crippen molar-refractivity contribution in [2.45, 2.75) is 50.0 Å². The van der Waals surface area contributed by atoms with E-state index in [-0.39, 0.29) is 0 Å². The molecule has 2 nitrogen and oxygen atoms in total. The highest BCUT2D eigenvalue weighted by atomic mass is 16.3. The van der Waals surface area contributed by atoms with Gasteiger partial charge in [-0.3, -0.25) is 4.48 Å². The zero-order valence-corrected chi connectivity index (χ0v) is 14.0. The number of fused-ring (bicyclic) bond motifs is 1. The number of hydrogen-bond donors (Lipinski definition) is 1. The number of aromatic hydroxyl groups is 1. The molecule has 3 aliphatic rings. The van der Waals surface area contributed by atoms with E-state index in [9.17, 15) is 5.11 Å². The molecule has 1 aromatic carbocycles. The summed E-state index contributed by atoms with van der Waals surface area (Å²) >= 11 is 0. The average molecular weight is 310 g/mol. The monoisotopic (exact) mass is 310 g/mol. The number of likely N-dealkylation sites (tertiary alicyclic amines) is 1. The number of benzene rings is 1. The Morgan fingerprint density at radius 3 is 2.91 bits per heavy atom. The smallest absolute Gasteiger partial charge is 0.115 e. The van der Waals surface area contributed by atoms with Crippen LogP contribution in [0.4, 0.5) is 0 Å². The molecule has 0 amide bonds. The summed E-state index contributed by atoms with van der Waals surface area (Å²) in [5.74, 6) is 1.15. The number of quaternary nitrogens is 1. The molecule has 2 fully saturated rings. The standard InChI is InChI=1S/C21H27NO/c1-3-12-22(4-2)13-11-21-10-6-5-7-18(21)20(22)14-16-8-9-17(23)15-19(16)21/h3-4,8-9,15,18,20H,1-2,5-7,10-14H2/p+1/t18?,20?,21-,22+/m0/s1. The Kier molecular flexibility index (Phi) is 3.42. The zero-order chi connectivity index (χ0) is 16.1. The molecule has 2 heteroatoms. The summed E-state index contributed by atoms with van der Waals surface area (Å²) in [6.45, 7) is 10.4. The molecule has 2 unspecified atom stereocenters. The quantitative estimate of drug-likeness (QED) is 0.652. The fraction of sp³-hybridized carbons (Fsp3) is 0.524. The van der Waals surface area contributed by atoms with Gasteiger partial charge in [-0.05, 0) is 48.8 Å². The van der Waals surface area contributed by atoms with Gasteiger partial charge in [0.05, 0.1) is 12.7 Å². The van der Waals surface area contributed by atoms with Gasteiger partial charge in [-0.1, -0.05) is 25.5 Å². The summed E-state index contributed by atoms with van der Waals surface area (Å²) in [6.07, 6.45) is 11.9. The van der Waals surface area contributed by atoms with Gasteiger partial charge < -0.3 is 5.11 Å². The van der Waals surface area contributed by atoms with Crippen LogP contribution < -0.4 is 0 Å². The van der Waals surface area contributed by atoms with Crippen molar-refractivity contribution in [3.63, 3.8) is 0 Å². The average Bonchev–Trinajstić information content (AvgIpc) is 2.58. The molecule has 4 rings (SSSR count). The van der Waals surface area contributed by atoms with Crippen LogP contribution in [0.15, 0.2) is 43.6 Å². The summed E-state index contributed by atoms with van der Waals surface area (Å²) in [5.41, 5.74) is 3.21. The minimum atomic E-state index is 0.293. The van der Waals surface area contributed by atoms with Gasteiger partial charge in [0.2, 0.25) is 0 Å². The SMILES string of the molecule is C=CC[N@+]1(C=C)CC[C@@]23CCCCC2C1Cc1ccc(O)cc13. The van der Waals surface area contributed by atoms with Crippen LogP contribution >= 0.6 is 0 Å². The number of phenolic OH excluding ortho intramolecular Hbond substituents is 1. The minimum absolute atomic E-state index is 0.293. The van der Waals surface area contributed by atoms with E-state index in [0.29, 0.717) is 17.2 Å². The number of phenols is 1. The van der Waals surface area contributed by atoms with Gasteiger partial charge in [0.1, 0.15) is 18.3 Å². The van der Waals surface area contributed by atoms with Gasteiger partial charge in [-0.25, -0.2) is 0 Å². The largest absolute Gasteiger partial charge is 0.508 e. The van der Waals surface area contributed by atoms with Gasteiger partial charge in [0.15, 0.2) is 0 Å². The van der Waals surface area contributed by atoms with Crippen LogP contribution in [-0.4, -0.2) is 28.7 Å². The third-order valence-electron chi connectivity index (χ3n) is 7.09. The molecule has 1 heterocycles. The van der Waals surface area contributed by atoms with E-state index in [0.717, 1.165) is 29.9 Å². The molecule has 0 spiro atoms. The lowest BCUT2D eigenvalue weighted by atomic mass is 9.52. The third kappa shape index (κ3) is 1.97. The highest BCUT2D eigenvalue weighted by Crippen LogP contribution is 2.58. The number of piperidine rings is 1. The number of rotatable bonds is 3. The van der Waals surface area contributed by atoms with Crippen LogP contribution in [0.2, 0.25) is 0 Å². The van der Waals surface area contributed by atoms with Crippen LogP contribution in [-0.2, 0) is 11.8 Å². The molecule has 4 atom stereocenters. The molecule has 2 bridgehead atoms. The van der Waals surface area contributed by atoms with Gasteiger partial charge in [0.25, 0.3) is 0 Å². The van der Waals surface area contributed by atoms with Crippen molar-refractivity contribution in [2.24, 2.45) is 5.92 Å². The Morgan fingerprint density at radius 1 is 1.26 bits per heavy atom. The number of nitrogens with zero attached hydrogens (tertiary/aromatic N) is 1. The summed E-state index contributed by atoms with van der Waals surface area (Å²) in [6, 6.07) is 6.73. The van der Waals surface area contributed by atoms with E-state index in [1.54, 1.807) is 0 Å². The molecule has 1 aliphatic heterocycles. The second kappa shape index (κ2) is 5.24. The molecular weight excluding hydrogens is 282 g/mol. The highest BCUT2D eigenvalue weighted by molar-refractivity contribution is 5.44. The van der Waals surface area contributed by atoms with Crippen molar-refractivity contribution in [1.82, 2.24) is 0 Å². The summed E-state index contributed by atoms with van der Waals surface area (Å²) < 4.78 is 0.996. The van der Waals surface area contributed by atoms with Crippen LogP contribution in [0.1, 0.15) is 43.2 Å². The maximum absolute atomic E-state index is 10.1. The van der Waals surface area contributed by atoms with Crippen molar-refractivity contribution in [3.05, 3.63) is 54.8 Å². The molecule has 23 heavy (non-hydrogen) atoms. The first kappa shape index (κ1) is 15.0. The topological polar surface area (TPSA) is 20.2 Å². The van der Waals surface area contributed by atoms with E-state index in [1.165, 1.54) is 43.2 Å². The Morgan fingerprint density at radius 2 is 2.13 bits per heavy atom. The van der Waals surface area contributed by atoms with E-state index in [1.807, 2.05) is 6.07 Å². The van der Waals surface area contributed by atoms with Gasteiger partial charge in [-0.2, -0.15) is 0 Å². The first-order chi connectivity index (χ1) is 11.1. The van der Waals surface area contributed by atoms with Crippen molar-refractivity contribution in [3.8, 4) is 5.75 Å². The molecule has 1 N–H and O–H groups in total. The van der Waals surface area contributed by atoms with E-state index < -0.39 is 0 Å². The van der Waals surface area contributed by atoms with E-state index in [4.69, 9.17) is 0 Å². The predicted octanol–water partition coefficient (Wildman–Crippen LogP) is 4.29. The normalized spacial score (nSPS) is 38.3. The first-order valence-electron chi connectivity index (χ1n) is 9.08. The lowest BCUT2D eigenvalue weighted by molar-refractivity contribution is -0.911. The van der Waals surface area contributed by atoms with E-state index in [2.05, 4.69) is 37.6 Å². The Bertz CT molecular complexity index is 651. The van der Waals surface area contributed by atoms with Crippen LogP contribution in [0.3, 0.4) is 0 Å². The van der Waals surface area contributed by atoms with Crippen molar-refractivity contribution in [2.75, 3.05) is 13.1 Å². The molecule has 2 aliphatic carbocycles. The lowest BCUT2D eigenvalue weighted by Crippen LogP contribution is -2.67. The summed E-state index contributed by atoms with van der Waals surface area (Å²) in [4.78, 5) is 0. The molecule has 1 saturated carbocycles. The molecule has 0 aromatic heterocycles. The predicted molar refractivity (Wildman–Crippen MR) is 94.2 cm³/mol. The Balaban J connectivity index is 1.89. The molecule has 1 aromatic rings. The number of hydrogen-bond acceptors (Lipinski definition) is 1. The minimum Gasteiger partial charge on any atom is -0.508 e. The summed E-state index contributed by atoms with van der Waals surface area (Å²) in [5, 5.41) is 10.1. The van der Waals surface area contributed by atoms with Crippen molar-refractivity contribution < 1.29 is 9.59 Å². The summed E-state index contributed by atoms with van der Waals surface area (Å²) in [7, 11) is 0. The van der Waals surface area contributed by atoms with Crippen molar-refractivity contribution in [1.29, 1.82) is 0 Å². The fourth-order valence-electron chi connectivity index (χ4n) is 6.06. The molecule has 0 radical (unpaired) electrons. The van der Waals surface area contributed by atoms with Gasteiger partial charge >= 0.3 is 0 Å². The van der Waals surface area contributed by atoms with Crippen LogP contribution in [0.5, 0.6) is 5.75 Å². The van der Waals surface area contributed by atoms with Crippen molar-refractivity contribution >= 4 is 0 Å². The van der Waals surface area contributed by atoms with E-state index >= 15 is 0 Å². The zero-order valence-electron chi connectivity index (χ0n) is 14.0. The maximum Gasteiger partial charge on any atom is 0.115 e. The third-order valence-corrected chi connectivity index (χ3v) is 7.09. The maximum atomic E-state index is 10.1. The van der Waals surface area contributed by atoms with Gasteiger partial charge in [0, 0.05) is 24.2 Å². The molecule has 122 valence electrons. The molecule has 1 saturated heterocycles. The highest BCUT2D eigenvalue weighted by Gasteiger charge is 2.59. The fourth-order valence-corrected chi connectivity index (χ4v) is 6.06. The second-order valence-corrected chi connectivity index (χ2v) is 7.85. The lowest BCUT2D eigenvalue weighted by Gasteiger charge is -2.61. The Hall–Kier alpha value is -1.54. The van der Waals surface area contributed by atoms with Crippen LogP contribution in [0, 0.1) is 5.92 Å². The molecular formula is C21H28NO+. The second-order valence-electron chi connectivity index (χ2n) is 7.85.